The van der Waals surface area contributed by atoms with Gasteiger partial charge in [0.2, 0.25) is 5.91 Å². The second-order valence-electron chi connectivity index (χ2n) is 6.42. The van der Waals surface area contributed by atoms with Crippen molar-refractivity contribution in [2.24, 2.45) is 11.7 Å². The smallest absolute Gasteiger partial charge is 0.237 e. The molecule has 1 heterocycles. The molecule has 2 rings (SSSR count). The number of likely N-dealkylation sites (tertiary alicyclic amines) is 1. The Morgan fingerprint density at radius 1 is 1.21 bits per heavy atom. The number of rotatable bonds is 4. The molecular formula is C15H29N3O. The maximum atomic E-state index is 12.3. The van der Waals surface area contributed by atoms with E-state index >= 15 is 0 Å². The molecule has 2 aliphatic rings. The third-order valence-electron chi connectivity index (χ3n) is 4.86. The summed E-state index contributed by atoms with van der Waals surface area (Å²) in [4.78, 5) is 14.6. The molecule has 0 spiro atoms. The van der Waals surface area contributed by atoms with E-state index in [1.54, 1.807) is 0 Å². The molecule has 1 aliphatic carbocycles. The van der Waals surface area contributed by atoms with Gasteiger partial charge in [-0.25, -0.2) is 0 Å². The van der Waals surface area contributed by atoms with Crippen molar-refractivity contribution < 1.29 is 4.79 Å². The highest BCUT2D eigenvalue weighted by atomic mass is 16.2. The first-order valence-electron chi connectivity index (χ1n) is 7.88. The third-order valence-corrected chi connectivity index (χ3v) is 4.86. The number of carbonyl (C=O) groups excluding carboxylic acids is 1. The van der Waals surface area contributed by atoms with Crippen molar-refractivity contribution in [2.45, 2.75) is 70.5 Å². The molecule has 0 aromatic heterocycles. The molecule has 0 aromatic carbocycles. The first-order valence-corrected chi connectivity index (χ1v) is 7.88. The summed E-state index contributed by atoms with van der Waals surface area (Å²) in [6, 6.07) is 0.638. The number of hydrogen-bond donors (Lipinski definition) is 2. The lowest BCUT2D eigenvalue weighted by Gasteiger charge is -2.37. The number of nitrogens with zero attached hydrogens (tertiary/aromatic N) is 1. The molecule has 0 aromatic rings. The molecule has 110 valence electrons. The zero-order valence-electron chi connectivity index (χ0n) is 12.4. The average molecular weight is 267 g/mol. The van der Waals surface area contributed by atoms with Crippen molar-refractivity contribution in [1.82, 2.24) is 10.2 Å². The summed E-state index contributed by atoms with van der Waals surface area (Å²) in [5, 5.41) is 3.21. The molecule has 1 saturated heterocycles. The quantitative estimate of drug-likeness (QED) is 0.811. The normalized spacial score (nSPS) is 29.1. The van der Waals surface area contributed by atoms with Gasteiger partial charge in [-0.1, -0.05) is 12.8 Å². The van der Waals surface area contributed by atoms with Gasteiger partial charge in [0.25, 0.3) is 0 Å². The predicted octanol–water partition coefficient (Wildman–Crippen LogP) is 1.49. The van der Waals surface area contributed by atoms with E-state index < -0.39 is 0 Å². The summed E-state index contributed by atoms with van der Waals surface area (Å²) in [6.45, 7) is 6.12. The summed E-state index contributed by atoms with van der Waals surface area (Å²) < 4.78 is 0. The minimum atomic E-state index is -0.0119. The Morgan fingerprint density at radius 2 is 1.89 bits per heavy atom. The fourth-order valence-corrected chi connectivity index (χ4v) is 3.38. The molecule has 19 heavy (non-hydrogen) atoms. The molecular weight excluding hydrogens is 238 g/mol. The lowest BCUT2D eigenvalue weighted by molar-refractivity contribution is -0.127. The number of piperidine rings is 1. The van der Waals surface area contributed by atoms with Gasteiger partial charge in [-0.3, -0.25) is 9.69 Å². The molecule has 0 radical (unpaired) electrons. The highest BCUT2D eigenvalue weighted by Crippen LogP contribution is 2.21. The standard InChI is InChI=1S/C15H29N3O/c1-11(16)13-6-5-9-18(10-13)12(2)15(19)17-14-7-3-4-8-14/h11-14H,3-10,16H2,1-2H3,(H,17,19). The van der Waals surface area contributed by atoms with Gasteiger partial charge in [0, 0.05) is 18.6 Å². The van der Waals surface area contributed by atoms with E-state index in [1.807, 2.05) is 6.92 Å². The maximum Gasteiger partial charge on any atom is 0.237 e. The Kier molecular flexibility index (Phi) is 5.22. The van der Waals surface area contributed by atoms with Gasteiger partial charge in [-0.15, -0.1) is 0 Å². The van der Waals surface area contributed by atoms with E-state index in [1.165, 1.54) is 19.3 Å². The number of nitrogens with one attached hydrogen (secondary N) is 1. The van der Waals surface area contributed by atoms with Crippen molar-refractivity contribution in [3.63, 3.8) is 0 Å². The molecule has 2 fully saturated rings. The summed E-state index contributed by atoms with van der Waals surface area (Å²) in [6.07, 6.45) is 7.19. The van der Waals surface area contributed by atoms with E-state index in [0.29, 0.717) is 12.0 Å². The molecule has 4 nitrogen and oxygen atoms in total. The summed E-state index contributed by atoms with van der Waals surface area (Å²) in [5.41, 5.74) is 6.01. The fraction of sp³-hybridized carbons (Fsp3) is 0.933. The number of nitrogens with two attached hydrogens (primary N) is 1. The van der Waals surface area contributed by atoms with Crippen LogP contribution in [0.3, 0.4) is 0 Å². The monoisotopic (exact) mass is 267 g/mol. The van der Waals surface area contributed by atoms with Crippen LogP contribution < -0.4 is 11.1 Å². The molecule has 3 atom stereocenters. The van der Waals surface area contributed by atoms with Crippen LogP contribution in [0.25, 0.3) is 0 Å². The molecule has 3 unspecified atom stereocenters. The number of amides is 1. The highest BCUT2D eigenvalue weighted by Gasteiger charge is 2.30. The minimum absolute atomic E-state index is 0.0119. The van der Waals surface area contributed by atoms with Crippen LogP contribution in [0.2, 0.25) is 0 Å². The second-order valence-corrected chi connectivity index (χ2v) is 6.42. The van der Waals surface area contributed by atoms with Crippen LogP contribution in [-0.4, -0.2) is 42.0 Å². The van der Waals surface area contributed by atoms with Crippen LogP contribution in [0.5, 0.6) is 0 Å². The van der Waals surface area contributed by atoms with Gasteiger partial charge in [0.05, 0.1) is 6.04 Å². The van der Waals surface area contributed by atoms with Gasteiger partial charge < -0.3 is 11.1 Å². The minimum Gasteiger partial charge on any atom is -0.352 e. The second kappa shape index (κ2) is 6.71. The van der Waals surface area contributed by atoms with E-state index in [2.05, 4.69) is 17.1 Å². The van der Waals surface area contributed by atoms with Crippen molar-refractivity contribution in [3.05, 3.63) is 0 Å². The number of carbonyl (C=O) groups is 1. The van der Waals surface area contributed by atoms with Crippen LogP contribution in [0.15, 0.2) is 0 Å². The van der Waals surface area contributed by atoms with Crippen LogP contribution in [0, 0.1) is 5.92 Å². The van der Waals surface area contributed by atoms with Crippen LogP contribution in [-0.2, 0) is 4.79 Å². The van der Waals surface area contributed by atoms with Crippen molar-refractivity contribution in [1.29, 1.82) is 0 Å². The van der Waals surface area contributed by atoms with Crippen LogP contribution in [0.1, 0.15) is 52.4 Å². The van der Waals surface area contributed by atoms with Gasteiger partial charge >= 0.3 is 0 Å². The van der Waals surface area contributed by atoms with Gasteiger partial charge in [0.15, 0.2) is 0 Å². The lowest BCUT2D eigenvalue weighted by atomic mass is 9.91. The Hall–Kier alpha value is -0.610. The molecule has 0 bridgehead atoms. The molecule has 1 aliphatic heterocycles. The summed E-state index contributed by atoms with van der Waals surface area (Å²) in [7, 11) is 0. The number of hydrogen-bond acceptors (Lipinski definition) is 3. The average Bonchev–Trinajstić information content (AvgIpc) is 2.90. The SMILES string of the molecule is CC(N)C1CCCN(C(C)C(=O)NC2CCCC2)C1. The zero-order valence-corrected chi connectivity index (χ0v) is 12.4. The van der Waals surface area contributed by atoms with Crippen molar-refractivity contribution >= 4 is 5.91 Å². The van der Waals surface area contributed by atoms with Crippen molar-refractivity contribution in [3.8, 4) is 0 Å². The van der Waals surface area contributed by atoms with Gasteiger partial charge in [-0.05, 0) is 52.0 Å². The molecule has 4 heteroatoms. The van der Waals surface area contributed by atoms with E-state index in [0.717, 1.165) is 32.4 Å². The van der Waals surface area contributed by atoms with E-state index in [4.69, 9.17) is 5.73 Å². The van der Waals surface area contributed by atoms with E-state index in [-0.39, 0.29) is 18.0 Å². The zero-order chi connectivity index (χ0) is 13.8. The molecule has 1 amide bonds. The fourth-order valence-electron chi connectivity index (χ4n) is 3.38. The Labute approximate surface area is 117 Å². The largest absolute Gasteiger partial charge is 0.352 e. The molecule has 1 saturated carbocycles. The van der Waals surface area contributed by atoms with Crippen molar-refractivity contribution in [2.75, 3.05) is 13.1 Å². The Bertz CT molecular complexity index is 300. The molecule has 3 N–H and O–H groups in total. The van der Waals surface area contributed by atoms with Gasteiger partial charge in [0.1, 0.15) is 0 Å². The third kappa shape index (κ3) is 3.93. The van der Waals surface area contributed by atoms with E-state index in [9.17, 15) is 4.79 Å². The van der Waals surface area contributed by atoms with Crippen LogP contribution >= 0.6 is 0 Å². The summed E-state index contributed by atoms with van der Waals surface area (Å²) in [5.74, 6) is 0.743. The maximum absolute atomic E-state index is 12.3. The van der Waals surface area contributed by atoms with Crippen LogP contribution in [0.4, 0.5) is 0 Å². The topological polar surface area (TPSA) is 58.4 Å². The highest BCUT2D eigenvalue weighted by molar-refractivity contribution is 5.81. The first-order chi connectivity index (χ1) is 9.08. The predicted molar refractivity (Wildman–Crippen MR) is 77.8 cm³/mol. The lowest BCUT2D eigenvalue weighted by Crippen LogP contribution is -2.52. The first kappa shape index (κ1) is 14.8. The Morgan fingerprint density at radius 3 is 2.53 bits per heavy atom. The Balaban J connectivity index is 1.83. The van der Waals surface area contributed by atoms with Gasteiger partial charge in [-0.2, -0.15) is 0 Å². The summed E-state index contributed by atoms with van der Waals surface area (Å²) >= 11 is 0.